The molecule has 0 saturated heterocycles. The molecule has 0 radical (unpaired) electrons. The van der Waals surface area contributed by atoms with E-state index >= 15 is 0 Å². The summed E-state index contributed by atoms with van der Waals surface area (Å²) in [4.78, 5) is 15.9. The number of hydrogen-bond acceptors (Lipinski definition) is 5. The van der Waals surface area contributed by atoms with Crippen molar-refractivity contribution in [3.8, 4) is 28.5 Å². The summed E-state index contributed by atoms with van der Waals surface area (Å²) in [5.74, 6) is 0. The van der Waals surface area contributed by atoms with E-state index < -0.39 is 9.84 Å². The zero-order chi connectivity index (χ0) is 20.8. The van der Waals surface area contributed by atoms with Gasteiger partial charge in [-0.1, -0.05) is 12.1 Å². The van der Waals surface area contributed by atoms with Gasteiger partial charge in [-0.25, -0.2) is 8.42 Å². The van der Waals surface area contributed by atoms with Crippen LogP contribution in [0.25, 0.3) is 33.3 Å². The molecule has 8 heteroatoms. The van der Waals surface area contributed by atoms with Crippen molar-refractivity contribution in [3.05, 3.63) is 70.6 Å². The molecule has 2 aromatic heterocycles. The number of nitriles is 1. The highest BCUT2D eigenvalue weighted by atomic mass is 32.2. The Bertz CT molecular complexity index is 1470. The van der Waals surface area contributed by atoms with Crippen LogP contribution >= 0.6 is 0 Å². The molecular weight excluding hydrogens is 388 g/mol. The zero-order valence-electron chi connectivity index (χ0n) is 15.7. The summed E-state index contributed by atoms with van der Waals surface area (Å²) in [6.07, 6.45) is 4.32. The average molecular weight is 404 g/mol. The van der Waals surface area contributed by atoms with Gasteiger partial charge in [0.15, 0.2) is 15.3 Å². The molecule has 0 atom stereocenters. The number of fused-ring (bicyclic) bond motifs is 1. The molecule has 7 nitrogen and oxygen atoms in total. The number of pyridine rings is 1. The van der Waals surface area contributed by atoms with Gasteiger partial charge >= 0.3 is 0 Å². The standard InChI is InChI=1S/C21H16N4O3S/c1-25-12-14(11-23-25)21-19(29(2,27)28)8-7-13(10-22)20(21)17-9-18(26)15-5-3-4-6-16(15)24-17/h3-9,11-12H,1-2H3,(H,24,26). The van der Waals surface area contributed by atoms with E-state index in [2.05, 4.69) is 16.2 Å². The summed E-state index contributed by atoms with van der Waals surface area (Å²) in [6.45, 7) is 0. The van der Waals surface area contributed by atoms with Crippen molar-refractivity contribution in [2.24, 2.45) is 7.05 Å². The van der Waals surface area contributed by atoms with Crippen LogP contribution in [0.3, 0.4) is 0 Å². The lowest BCUT2D eigenvalue weighted by atomic mass is 9.94. The zero-order valence-corrected chi connectivity index (χ0v) is 16.5. The number of benzene rings is 2. The van der Waals surface area contributed by atoms with Crippen LogP contribution in [0.1, 0.15) is 5.56 Å². The van der Waals surface area contributed by atoms with Gasteiger partial charge < -0.3 is 4.98 Å². The fraction of sp³-hybridized carbons (Fsp3) is 0.0952. The van der Waals surface area contributed by atoms with E-state index in [4.69, 9.17) is 0 Å². The highest BCUT2D eigenvalue weighted by molar-refractivity contribution is 7.90. The summed E-state index contributed by atoms with van der Waals surface area (Å²) < 4.78 is 26.6. The van der Waals surface area contributed by atoms with Gasteiger partial charge in [0, 0.05) is 53.2 Å². The number of hydrogen-bond donors (Lipinski definition) is 1. The van der Waals surface area contributed by atoms with E-state index in [1.165, 1.54) is 24.4 Å². The number of aromatic amines is 1. The predicted molar refractivity (Wildman–Crippen MR) is 110 cm³/mol. The molecule has 0 saturated carbocycles. The van der Waals surface area contributed by atoms with E-state index in [-0.39, 0.29) is 15.9 Å². The molecule has 4 aromatic rings. The maximum atomic E-state index is 12.7. The topological polar surface area (TPSA) is 109 Å². The largest absolute Gasteiger partial charge is 0.354 e. The predicted octanol–water partition coefficient (Wildman–Crippen LogP) is 2.87. The lowest BCUT2D eigenvalue weighted by Gasteiger charge is -2.15. The fourth-order valence-corrected chi connectivity index (χ4v) is 4.34. The molecule has 2 aromatic carbocycles. The molecule has 0 aliphatic heterocycles. The van der Waals surface area contributed by atoms with Crippen LogP contribution in [0, 0.1) is 11.3 Å². The summed E-state index contributed by atoms with van der Waals surface area (Å²) in [7, 11) is -1.90. The maximum Gasteiger partial charge on any atom is 0.190 e. The normalized spacial score (nSPS) is 11.5. The molecule has 0 aliphatic carbocycles. The number of para-hydroxylation sites is 1. The quantitative estimate of drug-likeness (QED) is 0.565. The maximum absolute atomic E-state index is 12.7. The summed E-state index contributed by atoms with van der Waals surface area (Å²) in [5.41, 5.74) is 2.23. The first-order valence-corrected chi connectivity index (χ1v) is 10.6. The molecule has 2 heterocycles. The van der Waals surface area contributed by atoms with Gasteiger partial charge in [-0.2, -0.15) is 10.4 Å². The SMILES string of the molecule is Cn1cc(-c2c(S(C)(=O)=O)ccc(C#N)c2-c2cc(=O)c3ccccc3[nH]2)cn1. The van der Waals surface area contributed by atoms with E-state index in [1.807, 2.05) is 0 Å². The smallest absolute Gasteiger partial charge is 0.190 e. The first kappa shape index (κ1) is 18.7. The van der Waals surface area contributed by atoms with Crippen LogP contribution in [0.15, 0.2) is 64.5 Å². The Kier molecular flexibility index (Phi) is 4.32. The van der Waals surface area contributed by atoms with E-state index in [1.54, 1.807) is 42.2 Å². The number of aromatic nitrogens is 3. The van der Waals surface area contributed by atoms with E-state index in [0.29, 0.717) is 33.3 Å². The van der Waals surface area contributed by atoms with Gasteiger partial charge in [0.2, 0.25) is 0 Å². The minimum Gasteiger partial charge on any atom is -0.354 e. The Morgan fingerprint density at radius 2 is 1.90 bits per heavy atom. The van der Waals surface area contributed by atoms with Gasteiger partial charge in [0.05, 0.1) is 28.4 Å². The Balaban J connectivity index is 2.18. The molecule has 29 heavy (non-hydrogen) atoms. The Morgan fingerprint density at radius 1 is 1.14 bits per heavy atom. The minimum absolute atomic E-state index is 0.0634. The van der Waals surface area contributed by atoms with Crippen LogP contribution in [-0.2, 0) is 16.9 Å². The number of H-pyrrole nitrogens is 1. The van der Waals surface area contributed by atoms with Crippen LogP contribution in [0.4, 0.5) is 0 Å². The van der Waals surface area contributed by atoms with Crippen molar-refractivity contribution < 1.29 is 8.42 Å². The van der Waals surface area contributed by atoms with Gasteiger partial charge in [0.25, 0.3) is 0 Å². The summed E-state index contributed by atoms with van der Waals surface area (Å²) in [6, 6.07) is 13.4. The third-order valence-corrected chi connectivity index (χ3v) is 5.83. The first-order chi connectivity index (χ1) is 13.8. The summed E-state index contributed by atoms with van der Waals surface area (Å²) in [5, 5.41) is 14.4. The van der Waals surface area contributed by atoms with Crippen molar-refractivity contribution in [2.45, 2.75) is 4.90 Å². The van der Waals surface area contributed by atoms with E-state index in [9.17, 15) is 18.5 Å². The van der Waals surface area contributed by atoms with Gasteiger partial charge in [-0.3, -0.25) is 9.48 Å². The molecule has 0 bridgehead atoms. The highest BCUT2D eigenvalue weighted by Crippen LogP contribution is 2.38. The third-order valence-electron chi connectivity index (χ3n) is 4.69. The molecule has 0 fully saturated rings. The van der Waals surface area contributed by atoms with Crippen LogP contribution in [0.5, 0.6) is 0 Å². The molecule has 0 spiro atoms. The van der Waals surface area contributed by atoms with Crippen molar-refractivity contribution in [1.29, 1.82) is 5.26 Å². The second-order valence-corrected chi connectivity index (χ2v) is 8.72. The van der Waals surface area contributed by atoms with Crippen LogP contribution < -0.4 is 5.43 Å². The molecular formula is C21H16N4O3S. The van der Waals surface area contributed by atoms with Crippen molar-refractivity contribution in [1.82, 2.24) is 14.8 Å². The number of nitrogens with zero attached hydrogens (tertiary/aromatic N) is 3. The summed E-state index contributed by atoms with van der Waals surface area (Å²) >= 11 is 0. The monoisotopic (exact) mass is 404 g/mol. The lowest BCUT2D eigenvalue weighted by molar-refractivity contribution is 0.602. The fourth-order valence-electron chi connectivity index (χ4n) is 3.43. The number of aryl methyl sites for hydroxylation is 1. The molecule has 144 valence electrons. The molecule has 1 N–H and O–H groups in total. The molecule has 4 rings (SSSR count). The van der Waals surface area contributed by atoms with Gasteiger partial charge in [-0.15, -0.1) is 0 Å². The van der Waals surface area contributed by atoms with Crippen molar-refractivity contribution in [3.63, 3.8) is 0 Å². The Hall–Kier alpha value is -3.70. The second-order valence-electron chi connectivity index (χ2n) is 6.74. The van der Waals surface area contributed by atoms with E-state index in [0.717, 1.165) is 6.26 Å². The number of sulfone groups is 1. The first-order valence-electron chi connectivity index (χ1n) is 8.68. The number of rotatable bonds is 3. The average Bonchev–Trinajstić information content (AvgIpc) is 3.12. The lowest BCUT2D eigenvalue weighted by Crippen LogP contribution is -2.07. The van der Waals surface area contributed by atoms with Gasteiger partial charge in [0.1, 0.15) is 0 Å². The van der Waals surface area contributed by atoms with Crippen molar-refractivity contribution in [2.75, 3.05) is 6.26 Å². The van der Waals surface area contributed by atoms with Crippen LogP contribution in [0.2, 0.25) is 0 Å². The highest BCUT2D eigenvalue weighted by Gasteiger charge is 2.24. The van der Waals surface area contributed by atoms with Crippen molar-refractivity contribution >= 4 is 20.7 Å². The Labute approximate surface area is 166 Å². The minimum atomic E-state index is -3.62. The van der Waals surface area contributed by atoms with Crippen LogP contribution in [-0.4, -0.2) is 29.4 Å². The molecule has 0 amide bonds. The molecule has 0 unspecified atom stereocenters. The second kappa shape index (κ2) is 6.72. The number of nitrogens with one attached hydrogen (secondary N) is 1. The Morgan fingerprint density at radius 3 is 2.55 bits per heavy atom. The van der Waals surface area contributed by atoms with Gasteiger partial charge in [-0.05, 0) is 24.3 Å². The third kappa shape index (κ3) is 3.22. The molecule has 0 aliphatic rings.